The Bertz CT molecular complexity index is 1830. The van der Waals surface area contributed by atoms with Crippen molar-refractivity contribution in [3.63, 3.8) is 0 Å². The normalized spacial score (nSPS) is 18.8. The monoisotopic (exact) mass is 709 g/mol. The summed E-state index contributed by atoms with van der Waals surface area (Å²) in [6.07, 6.45) is 3.34. The molecule has 51 heavy (non-hydrogen) atoms. The van der Waals surface area contributed by atoms with Crippen LogP contribution in [0, 0.1) is 11.7 Å². The van der Waals surface area contributed by atoms with Crippen molar-refractivity contribution in [3.05, 3.63) is 111 Å². The molecule has 1 aliphatic carbocycles. The number of halogens is 1. The van der Waals surface area contributed by atoms with Crippen LogP contribution in [0.2, 0.25) is 0 Å². The van der Waals surface area contributed by atoms with Crippen LogP contribution in [0.5, 0.6) is 0 Å². The molecule has 2 saturated heterocycles. The summed E-state index contributed by atoms with van der Waals surface area (Å²) >= 11 is 1.48. The number of likely N-dealkylation sites (tertiary alicyclic amines) is 1. The first-order valence-corrected chi connectivity index (χ1v) is 18.8. The highest BCUT2D eigenvalue weighted by Crippen LogP contribution is 2.44. The molecule has 3 aliphatic rings. The van der Waals surface area contributed by atoms with Crippen molar-refractivity contribution in [2.45, 2.75) is 56.7 Å². The molecule has 9 nitrogen and oxygen atoms in total. The number of carbonyl (C=O) groups excluding carboxylic acids is 3. The van der Waals surface area contributed by atoms with Crippen LogP contribution in [-0.2, 0) is 9.53 Å². The molecule has 2 aliphatic heterocycles. The van der Waals surface area contributed by atoms with E-state index in [9.17, 15) is 18.8 Å². The highest BCUT2D eigenvalue weighted by atomic mass is 32.1. The van der Waals surface area contributed by atoms with E-state index in [0.29, 0.717) is 23.7 Å². The smallest absolute Gasteiger partial charge is 0.410 e. The fourth-order valence-electron chi connectivity index (χ4n) is 7.91. The minimum absolute atomic E-state index is 0.0301. The molecule has 0 radical (unpaired) electrons. The fourth-order valence-corrected chi connectivity index (χ4v) is 8.87. The number of carbonyl (C=O) groups is 3. The topological polar surface area (TPSA) is 104 Å². The molecular formula is C40H44FN5O4S. The third-order valence-electron chi connectivity index (χ3n) is 10.9. The van der Waals surface area contributed by atoms with E-state index in [4.69, 9.17) is 9.72 Å². The zero-order valence-electron chi connectivity index (χ0n) is 29.0. The predicted molar refractivity (Wildman–Crippen MR) is 195 cm³/mol. The number of piperidine rings is 1. The first-order valence-electron chi connectivity index (χ1n) is 17.9. The Kier molecular flexibility index (Phi) is 10.6. The average molecular weight is 710 g/mol. The second-order valence-electron chi connectivity index (χ2n) is 13.8. The summed E-state index contributed by atoms with van der Waals surface area (Å²) in [5.74, 6) is -0.544. The molecule has 0 spiro atoms. The minimum atomic E-state index is -0.734. The molecule has 2 N–H and O–H groups in total. The van der Waals surface area contributed by atoms with Crippen molar-refractivity contribution in [3.8, 4) is 11.1 Å². The van der Waals surface area contributed by atoms with E-state index < -0.39 is 12.1 Å². The van der Waals surface area contributed by atoms with Crippen molar-refractivity contribution >= 4 is 29.1 Å². The maximum Gasteiger partial charge on any atom is 0.410 e. The number of aromatic nitrogens is 1. The summed E-state index contributed by atoms with van der Waals surface area (Å²) in [5.41, 5.74) is 5.37. The third-order valence-corrected chi connectivity index (χ3v) is 11.8. The van der Waals surface area contributed by atoms with Gasteiger partial charge in [0.1, 0.15) is 29.2 Å². The summed E-state index contributed by atoms with van der Waals surface area (Å²) in [6, 6.07) is 21.3. The molecule has 3 atom stereocenters. The molecule has 2 amide bonds. The van der Waals surface area contributed by atoms with Crippen molar-refractivity contribution in [1.82, 2.24) is 25.4 Å². The average Bonchev–Trinajstić information content (AvgIpc) is 3.92. The summed E-state index contributed by atoms with van der Waals surface area (Å²) in [7, 11) is 1.61. The number of nitrogens with one attached hydrogen (secondary N) is 2. The Morgan fingerprint density at radius 2 is 1.67 bits per heavy atom. The SMILES string of the molecule is CC(C(=O)NCC(C1CCNCC1)N1CCC[C@H]1c1nc(C(=O)c2ccc(F)cc2)cs1)N(C)C(=O)OCC1c2ccccc2-c2ccccc21. The van der Waals surface area contributed by atoms with Crippen LogP contribution in [0.3, 0.4) is 0 Å². The number of nitrogens with zero attached hydrogens (tertiary/aromatic N) is 3. The number of thiazole rings is 1. The Morgan fingerprint density at radius 1 is 1.00 bits per heavy atom. The lowest BCUT2D eigenvalue weighted by atomic mass is 9.88. The lowest BCUT2D eigenvalue weighted by Crippen LogP contribution is -2.53. The van der Waals surface area contributed by atoms with Gasteiger partial charge in [-0.1, -0.05) is 48.5 Å². The summed E-state index contributed by atoms with van der Waals surface area (Å²) in [4.78, 5) is 48.6. The lowest BCUT2D eigenvalue weighted by molar-refractivity contribution is -0.125. The highest BCUT2D eigenvalue weighted by molar-refractivity contribution is 7.10. The van der Waals surface area contributed by atoms with E-state index in [1.807, 2.05) is 24.3 Å². The van der Waals surface area contributed by atoms with Gasteiger partial charge in [0.05, 0.1) is 6.04 Å². The zero-order chi connectivity index (χ0) is 35.5. The predicted octanol–water partition coefficient (Wildman–Crippen LogP) is 6.40. The Balaban J connectivity index is 0.993. The molecule has 3 heterocycles. The molecule has 0 bridgehead atoms. The molecule has 0 saturated carbocycles. The number of rotatable bonds is 11. The maximum absolute atomic E-state index is 13.6. The molecule has 1 aromatic heterocycles. The number of likely N-dealkylation sites (N-methyl/N-ethyl adjacent to an activating group) is 1. The number of hydrogen-bond donors (Lipinski definition) is 2. The van der Waals surface area contributed by atoms with Gasteiger partial charge in [-0.3, -0.25) is 19.4 Å². The number of ether oxygens (including phenoxy) is 1. The largest absolute Gasteiger partial charge is 0.448 e. The molecule has 11 heteroatoms. The van der Waals surface area contributed by atoms with Crippen LogP contribution < -0.4 is 10.6 Å². The van der Waals surface area contributed by atoms with Gasteiger partial charge in [-0.2, -0.15) is 0 Å². The minimum Gasteiger partial charge on any atom is -0.448 e. The van der Waals surface area contributed by atoms with Crippen molar-refractivity contribution in [1.29, 1.82) is 0 Å². The number of fused-ring (bicyclic) bond motifs is 3. The zero-order valence-corrected chi connectivity index (χ0v) is 29.8. The van der Waals surface area contributed by atoms with Gasteiger partial charge in [-0.25, -0.2) is 14.2 Å². The fraction of sp³-hybridized carbons (Fsp3) is 0.400. The number of amides is 2. The third kappa shape index (κ3) is 7.33. The van der Waals surface area contributed by atoms with E-state index in [1.54, 1.807) is 19.4 Å². The molecule has 266 valence electrons. The maximum atomic E-state index is 13.6. The van der Waals surface area contributed by atoms with Gasteiger partial charge in [0, 0.05) is 36.5 Å². The van der Waals surface area contributed by atoms with Crippen molar-refractivity contribution in [2.75, 3.05) is 39.8 Å². The summed E-state index contributed by atoms with van der Waals surface area (Å²) in [5, 5.41) is 9.31. The van der Waals surface area contributed by atoms with Gasteiger partial charge < -0.3 is 15.4 Å². The van der Waals surface area contributed by atoms with Gasteiger partial charge in [0.25, 0.3) is 0 Å². The van der Waals surface area contributed by atoms with E-state index in [1.165, 1.54) is 40.5 Å². The number of ketones is 1. The highest BCUT2D eigenvalue weighted by Gasteiger charge is 2.39. The van der Waals surface area contributed by atoms with Gasteiger partial charge in [-0.15, -0.1) is 11.3 Å². The first kappa shape index (κ1) is 35.0. The van der Waals surface area contributed by atoms with Crippen LogP contribution in [-0.4, -0.2) is 84.5 Å². The molecule has 2 unspecified atom stereocenters. The van der Waals surface area contributed by atoms with Gasteiger partial charge in [0.15, 0.2) is 0 Å². The molecule has 7 rings (SSSR count). The molecule has 4 aromatic rings. The van der Waals surface area contributed by atoms with Crippen molar-refractivity contribution < 1.29 is 23.5 Å². The van der Waals surface area contributed by atoms with E-state index >= 15 is 0 Å². The van der Waals surface area contributed by atoms with Crippen LogP contribution in [0.25, 0.3) is 11.1 Å². The quantitative estimate of drug-likeness (QED) is 0.174. The number of hydrogen-bond acceptors (Lipinski definition) is 8. The van der Waals surface area contributed by atoms with Crippen LogP contribution in [0.4, 0.5) is 9.18 Å². The van der Waals surface area contributed by atoms with Gasteiger partial charge in [-0.05, 0) is 105 Å². The van der Waals surface area contributed by atoms with Gasteiger partial charge >= 0.3 is 6.09 Å². The summed E-state index contributed by atoms with van der Waals surface area (Å²) < 4.78 is 19.3. The molecule has 2 fully saturated rings. The van der Waals surface area contributed by atoms with Crippen molar-refractivity contribution in [2.24, 2.45) is 5.92 Å². The number of benzene rings is 3. The Morgan fingerprint density at radius 3 is 2.35 bits per heavy atom. The van der Waals surface area contributed by atoms with Crippen LogP contribution >= 0.6 is 11.3 Å². The van der Waals surface area contributed by atoms with E-state index in [2.05, 4.69) is 39.8 Å². The lowest BCUT2D eigenvalue weighted by Gasteiger charge is -2.40. The van der Waals surface area contributed by atoms with E-state index in [0.717, 1.165) is 72.6 Å². The second kappa shape index (κ2) is 15.4. The standard InChI is InChI=1S/C40H44FN5O4S/c1-25(45(2)40(49)50-23-33-31-10-5-3-8-29(31)30-9-4-6-11-32(30)33)38(48)43-22-36(26-17-19-42-20-18-26)46-21-7-12-35(46)39-44-34(24-51-39)37(47)27-13-15-28(41)16-14-27/h3-6,8-11,13-16,24-26,33,35-36,42H,7,12,17-23H2,1-2H3,(H,43,48)/t25?,35-,36?/m0/s1. The Hall–Kier alpha value is -4.45. The molecule has 3 aromatic carbocycles. The van der Waals surface area contributed by atoms with Crippen LogP contribution in [0.1, 0.15) is 76.8 Å². The van der Waals surface area contributed by atoms with Crippen LogP contribution in [0.15, 0.2) is 78.2 Å². The Labute approximate surface area is 302 Å². The van der Waals surface area contributed by atoms with E-state index in [-0.39, 0.29) is 42.1 Å². The molecular weight excluding hydrogens is 666 g/mol. The summed E-state index contributed by atoms with van der Waals surface area (Å²) in [6.45, 7) is 5.06. The second-order valence-corrected chi connectivity index (χ2v) is 14.7. The van der Waals surface area contributed by atoms with Gasteiger partial charge in [0.2, 0.25) is 11.7 Å². The first-order chi connectivity index (χ1) is 24.8.